The fourth-order valence-electron chi connectivity index (χ4n) is 3.72. The summed E-state index contributed by atoms with van der Waals surface area (Å²) in [6.07, 6.45) is 6.23. The molecule has 2 aromatic rings. The van der Waals surface area contributed by atoms with Crippen molar-refractivity contribution in [3.63, 3.8) is 0 Å². The number of rotatable bonds is 2. The summed E-state index contributed by atoms with van der Waals surface area (Å²) in [6, 6.07) is 8.30. The molecule has 2 heterocycles. The molecule has 3 atom stereocenters. The third kappa shape index (κ3) is 2.52. The van der Waals surface area contributed by atoms with Gasteiger partial charge < -0.3 is 10.8 Å². The Kier molecular flexibility index (Phi) is 3.58. The summed E-state index contributed by atoms with van der Waals surface area (Å²) in [5, 5.41) is 10.8. The number of nitrogens with zero attached hydrogens (tertiary/aromatic N) is 3. The SMILES string of the molecule is NC1=N[C@@]2(c3cccc(-c4cncnc4)c3)C[C@H](O)C[C@H]2CS1. The molecule has 1 aromatic heterocycles. The number of aliphatic hydroxyl groups is 1. The molecule has 5 nitrogen and oxygen atoms in total. The van der Waals surface area contributed by atoms with E-state index >= 15 is 0 Å². The number of hydrogen-bond donors (Lipinski definition) is 2. The minimum Gasteiger partial charge on any atom is -0.393 e. The van der Waals surface area contributed by atoms with Crippen LogP contribution in [0.5, 0.6) is 0 Å². The summed E-state index contributed by atoms with van der Waals surface area (Å²) in [6.45, 7) is 0. The predicted molar refractivity (Wildman–Crippen MR) is 92.0 cm³/mol. The molecule has 6 heteroatoms. The second-order valence-electron chi connectivity index (χ2n) is 6.18. The van der Waals surface area contributed by atoms with Crippen LogP contribution in [0.4, 0.5) is 0 Å². The van der Waals surface area contributed by atoms with Crippen LogP contribution in [0.3, 0.4) is 0 Å². The van der Waals surface area contributed by atoms with Crippen molar-refractivity contribution in [2.24, 2.45) is 16.6 Å². The smallest absolute Gasteiger partial charge is 0.154 e. The maximum Gasteiger partial charge on any atom is 0.154 e. The fraction of sp³-hybridized carbons (Fsp3) is 0.353. The Morgan fingerprint density at radius 1 is 1.22 bits per heavy atom. The first-order chi connectivity index (χ1) is 11.2. The van der Waals surface area contributed by atoms with E-state index in [1.54, 1.807) is 24.2 Å². The lowest BCUT2D eigenvalue weighted by atomic mass is 9.81. The Labute approximate surface area is 139 Å². The Morgan fingerprint density at radius 2 is 2.04 bits per heavy atom. The van der Waals surface area contributed by atoms with Gasteiger partial charge in [-0.25, -0.2) is 9.97 Å². The van der Waals surface area contributed by atoms with Gasteiger partial charge in [-0.3, -0.25) is 4.99 Å². The van der Waals surface area contributed by atoms with Crippen molar-refractivity contribution in [2.45, 2.75) is 24.5 Å². The maximum absolute atomic E-state index is 10.2. The number of thioether (sulfide) groups is 1. The van der Waals surface area contributed by atoms with E-state index < -0.39 is 5.54 Å². The minimum atomic E-state index is -0.402. The highest BCUT2D eigenvalue weighted by molar-refractivity contribution is 8.13. The van der Waals surface area contributed by atoms with Gasteiger partial charge in [-0.1, -0.05) is 30.0 Å². The average molecular weight is 326 g/mol. The van der Waals surface area contributed by atoms with Crippen LogP contribution >= 0.6 is 11.8 Å². The molecule has 3 N–H and O–H groups in total. The summed E-state index contributed by atoms with van der Waals surface area (Å²) < 4.78 is 0. The highest BCUT2D eigenvalue weighted by atomic mass is 32.2. The van der Waals surface area contributed by atoms with Crippen LogP contribution in [0.1, 0.15) is 18.4 Å². The number of nitrogens with two attached hydrogens (primary N) is 1. The summed E-state index contributed by atoms with van der Waals surface area (Å²) in [4.78, 5) is 13.0. The minimum absolute atomic E-state index is 0.317. The maximum atomic E-state index is 10.2. The quantitative estimate of drug-likeness (QED) is 0.883. The van der Waals surface area contributed by atoms with Crippen molar-refractivity contribution >= 4 is 16.9 Å². The highest BCUT2D eigenvalue weighted by Crippen LogP contribution is 2.51. The van der Waals surface area contributed by atoms with Gasteiger partial charge in [-0.15, -0.1) is 0 Å². The lowest BCUT2D eigenvalue weighted by Crippen LogP contribution is -2.36. The molecule has 0 radical (unpaired) electrons. The number of aliphatic imine (C=N–C) groups is 1. The molecular formula is C17H18N4OS. The summed E-state index contributed by atoms with van der Waals surface area (Å²) in [7, 11) is 0. The van der Waals surface area contributed by atoms with E-state index in [1.807, 2.05) is 12.1 Å². The van der Waals surface area contributed by atoms with Crippen LogP contribution in [0.2, 0.25) is 0 Å². The highest BCUT2D eigenvalue weighted by Gasteiger charge is 2.50. The van der Waals surface area contributed by atoms with E-state index in [0.29, 0.717) is 17.5 Å². The Morgan fingerprint density at radius 3 is 2.87 bits per heavy atom. The van der Waals surface area contributed by atoms with Crippen molar-refractivity contribution in [1.29, 1.82) is 0 Å². The van der Waals surface area contributed by atoms with Gasteiger partial charge in [0.2, 0.25) is 0 Å². The summed E-state index contributed by atoms with van der Waals surface area (Å²) >= 11 is 1.59. The molecule has 0 unspecified atom stereocenters. The van der Waals surface area contributed by atoms with E-state index in [4.69, 9.17) is 10.7 Å². The zero-order valence-corrected chi connectivity index (χ0v) is 13.4. The molecule has 0 spiro atoms. The van der Waals surface area contributed by atoms with E-state index in [0.717, 1.165) is 28.9 Å². The number of aromatic nitrogens is 2. The molecule has 1 saturated carbocycles. The zero-order chi connectivity index (χ0) is 15.9. The van der Waals surface area contributed by atoms with Gasteiger partial charge in [0.1, 0.15) is 6.33 Å². The summed E-state index contributed by atoms with van der Waals surface area (Å²) in [5.74, 6) is 1.22. The fourth-order valence-corrected chi connectivity index (χ4v) is 4.74. The number of amidine groups is 1. The van der Waals surface area contributed by atoms with Gasteiger partial charge >= 0.3 is 0 Å². The topological polar surface area (TPSA) is 84.4 Å². The molecular weight excluding hydrogens is 308 g/mol. The van der Waals surface area contributed by atoms with E-state index in [2.05, 4.69) is 22.1 Å². The Bertz CT molecular complexity index is 751. The third-order valence-corrected chi connectivity index (χ3v) is 5.73. The molecule has 0 bridgehead atoms. The third-order valence-electron chi connectivity index (χ3n) is 4.78. The summed E-state index contributed by atoms with van der Waals surface area (Å²) in [5.41, 5.74) is 8.77. The van der Waals surface area contributed by atoms with Crippen LogP contribution in [-0.2, 0) is 5.54 Å². The van der Waals surface area contributed by atoms with Gasteiger partial charge in [0.05, 0.1) is 11.6 Å². The normalized spacial score (nSPS) is 29.9. The molecule has 118 valence electrons. The van der Waals surface area contributed by atoms with Gasteiger partial charge in [-0.2, -0.15) is 0 Å². The first-order valence-corrected chi connectivity index (χ1v) is 8.68. The van der Waals surface area contributed by atoms with Crippen LogP contribution < -0.4 is 5.73 Å². The van der Waals surface area contributed by atoms with Crippen molar-refractivity contribution in [3.8, 4) is 11.1 Å². The van der Waals surface area contributed by atoms with Crippen LogP contribution in [0, 0.1) is 5.92 Å². The second kappa shape index (κ2) is 5.62. The van der Waals surface area contributed by atoms with Gasteiger partial charge in [0.15, 0.2) is 5.17 Å². The van der Waals surface area contributed by atoms with Gasteiger partial charge in [0.25, 0.3) is 0 Å². The number of fused-ring (bicyclic) bond motifs is 1. The van der Waals surface area contributed by atoms with E-state index in [-0.39, 0.29) is 6.10 Å². The zero-order valence-electron chi connectivity index (χ0n) is 12.6. The molecule has 4 rings (SSSR count). The molecule has 1 aliphatic heterocycles. The van der Waals surface area contributed by atoms with E-state index in [9.17, 15) is 5.11 Å². The second-order valence-corrected chi connectivity index (χ2v) is 7.22. The average Bonchev–Trinajstić information content (AvgIpc) is 2.92. The van der Waals surface area contributed by atoms with Crippen LogP contribution in [0.25, 0.3) is 11.1 Å². The van der Waals surface area contributed by atoms with Crippen molar-refractivity contribution in [2.75, 3.05) is 5.75 Å². The monoisotopic (exact) mass is 326 g/mol. The predicted octanol–water partition coefficient (Wildman–Crippen LogP) is 2.17. The largest absolute Gasteiger partial charge is 0.393 e. The van der Waals surface area contributed by atoms with Crippen molar-refractivity contribution < 1.29 is 5.11 Å². The standard InChI is InChI=1S/C17H18N4OS/c18-16-21-17(6-15(22)5-14(17)9-23-16)13-3-1-2-11(4-13)12-7-19-10-20-8-12/h1-4,7-8,10,14-15,22H,5-6,9H2,(H2,18,21)/t14-,15+,17+/m0/s1. The number of aliphatic hydroxyl groups excluding tert-OH is 1. The molecule has 1 aliphatic carbocycles. The van der Waals surface area contributed by atoms with Crippen LogP contribution in [0.15, 0.2) is 48.0 Å². The molecule has 0 amide bonds. The van der Waals surface area contributed by atoms with E-state index in [1.165, 1.54) is 6.33 Å². The lowest BCUT2D eigenvalue weighted by molar-refractivity contribution is 0.173. The lowest BCUT2D eigenvalue weighted by Gasteiger charge is -2.35. The number of hydrogen-bond acceptors (Lipinski definition) is 6. The molecule has 2 aliphatic rings. The van der Waals surface area contributed by atoms with Crippen molar-refractivity contribution in [3.05, 3.63) is 48.5 Å². The van der Waals surface area contributed by atoms with Crippen LogP contribution in [-0.4, -0.2) is 32.1 Å². The molecule has 0 saturated heterocycles. The van der Waals surface area contributed by atoms with Gasteiger partial charge in [-0.05, 0) is 23.6 Å². The van der Waals surface area contributed by atoms with Gasteiger partial charge in [0, 0.05) is 36.0 Å². The first kappa shape index (κ1) is 14.7. The molecule has 1 aromatic carbocycles. The molecule has 23 heavy (non-hydrogen) atoms. The Hall–Kier alpha value is -1.92. The first-order valence-electron chi connectivity index (χ1n) is 7.69. The molecule has 1 fully saturated rings. The Balaban J connectivity index is 1.81. The number of benzene rings is 1. The van der Waals surface area contributed by atoms with Crippen molar-refractivity contribution in [1.82, 2.24) is 9.97 Å².